The molecular weight excluding hydrogens is 407 g/mol. The summed E-state index contributed by atoms with van der Waals surface area (Å²) in [5, 5.41) is 7.44. The minimum absolute atomic E-state index is 0.156. The van der Waals surface area contributed by atoms with Crippen LogP contribution in [0.1, 0.15) is 10.4 Å². The zero-order valence-electron chi connectivity index (χ0n) is 17.7. The van der Waals surface area contributed by atoms with Crippen LogP contribution in [-0.4, -0.2) is 59.2 Å². The maximum absolute atomic E-state index is 14.8. The fourth-order valence-electron chi connectivity index (χ4n) is 4.07. The summed E-state index contributed by atoms with van der Waals surface area (Å²) in [4.78, 5) is 20.9. The van der Waals surface area contributed by atoms with E-state index in [1.165, 1.54) is 11.8 Å². The van der Waals surface area contributed by atoms with Gasteiger partial charge in [0.2, 0.25) is 0 Å². The van der Waals surface area contributed by atoms with Gasteiger partial charge in [-0.05, 0) is 43.4 Å². The zero-order chi connectivity index (χ0) is 22.2. The van der Waals surface area contributed by atoms with Crippen LogP contribution < -0.4 is 10.6 Å². The Morgan fingerprint density at radius 3 is 2.50 bits per heavy atom. The SMILES string of the molecule is CN1CCN(c2ccc(-c3n[nH]c4ccc(-c5cccc(C(N)=O)c5F)nc34)cc2)CC1. The van der Waals surface area contributed by atoms with Gasteiger partial charge >= 0.3 is 0 Å². The number of hydrogen-bond donors (Lipinski definition) is 2. The number of rotatable bonds is 4. The number of amides is 1. The summed E-state index contributed by atoms with van der Waals surface area (Å²) in [7, 11) is 2.14. The van der Waals surface area contributed by atoms with Crippen molar-refractivity contribution in [3.8, 4) is 22.5 Å². The van der Waals surface area contributed by atoms with Crippen molar-refractivity contribution in [2.75, 3.05) is 38.1 Å². The maximum Gasteiger partial charge on any atom is 0.251 e. The number of primary amides is 1. The lowest BCUT2D eigenvalue weighted by Crippen LogP contribution is -2.44. The molecule has 0 radical (unpaired) electrons. The van der Waals surface area contributed by atoms with E-state index in [-0.39, 0.29) is 11.1 Å². The van der Waals surface area contributed by atoms with Crippen molar-refractivity contribution >= 4 is 22.6 Å². The van der Waals surface area contributed by atoms with Crippen molar-refractivity contribution in [1.82, 2.24) is 20.1 Å². The van der Waals surface area contributed by atoms with Crippen molar-refractivity contribution in [2.45, 2.75) is 0 Å². The largest absolute Gasteiger partial charge is 0.369 e. The van der Waals surface area contributed by atoms with Gasteiger partial charge in [-0.1, -0.05) is 18.2 Å². The quantitative estimate of drug-likeness (QED) is 0.519. The van der Waals surface area contributed by atoms with Gasteiger partial charge in [-0.15, -0.1) is 0 Å². The molecule has 4 aromatic rings. The first kappa shape index (κ1) is 20.1. The second-order valence-corrected chi connectivity index (χ2v) is 8.03. The highest BCUT2D eigenvalue weighted by Crippen LogP contribution is 2.30. The number of likely N-dealkylation sites (N-methyl/N-ethyl adjacent to an activating group) is 1. The number of aromatic nitrogens is 3. The van der Waals surface area contributed by atoms with Gasteiger partial charge in [-0.3, -0.25) is 9.89 Å². The number of benzene rings is 2. The molecule has 0 saturated carbocycles. The van der Waals surface area contributed by atoms with Gasteiger partial charge in [0.05, 0.1) is 16.8 Å². The molecule has 0 spiro atoms. The summed E-state index contributed by atoms with van der Waals surface area (Å²) in [6, 6.07) is 16.3. The van der Waals surface area contributed by atoms with Crippen LogP contribution in [-0.2, 0) is 0 Å². The molecule has 1 saturated heterocycles. The number of piperazine rings is 1. The number of aromatic amines is 1. The molecule has 32 heavy (non-hydrogen) atoms. The molecule has 1 fully saturated rings. The van der Waals surface area contributed by atoms with Crippen LogP contribution in [0, 0.1) is 5.82 Å². The minimum Gasteiger partial charge on any atom is -0.369 e. The summed E-state index contributed by atoms with van der Waals surface area (Å²) in [6.45, 7) is 4.10. The first-order chi connectivity index (χ1) is 15.5. The Bertz CT molecular complexity index is 1290. The van der Waals surface area contributed by atoms with Gasteiger partial charge in [-0.25, -0.2) is 9.37 Å². The first-order valence-corrected chi connectivity index (χ1v) is 10.5. The molecule has 0 bridgehead atoms. The Morgan fingerprint density at radius 1 is 1.03 bits per heavy atom. The van der Waals surface area contributed by atoms with E-state index in [0.29, 0.717) is 16.9 Å². The average Bonchev–Trinajstić information content (AvgIpc) is 3.23. The number of nitrogens with zero attached hydrogens (tertiary/aromatic N) is 4. The summed E-state index contributed by atoms with van der Waals surface area (Å²) < 4.78 is 14.8. The van der Waals surface area contributed by atoms with Crippen LogP contribution in [0.25, 0.3) is 33.5 Å². The lowest BCUT2D eigenvalue weighted by atomic mass is 10.0. The molecule has 3 N–H and O–H groups in total. The second-order valence-electron chi connectivity index (χ2n) is 8.03. The van der Waals surface area contributed by atoms with Crippen molar-refractivity contribution in [2.24, 2.45) is 5.73 Å². The smallest absolute Gasteiger partial charge is 0.251 e. The van der Waals surface area contributed by atoms with Gasteiger partial charge in [0.25, 0.3) is 5.91 Å². The van der Waals surface area contributed by atoms with Gasteiger partial charge in [0, 0.05) is 43.0 Å². The molecule has 5 rings (SSSR count). The Labute approximate surface area is 184 Å². The molecule has 2 aromatic heterocycles. The van der Waals surface area contributed by atoms with Gasteiger partial charge in [0.15, 0.2) is 0 Å². The third kappa shape index (κ3) is 3.58. The van der Waals surface area contributed by atoms with Crippen LogP contribution in [0.4, 0.5) is 10.1 Å². The molecule has 0 atom stereocenters. The predicted octanol–water partition coefficient (Wildman–Crippen LogP) is 3.28. The summed E-state index contributed by atoms with van der Waals surface area (Å²) in [6.07, 6.45) is 0. The molecular formula is C24H23FN6O. The molecule has 8 heteroatoms. The van der Waals surface area contributed by atoms with Gasteiger partial charge in [-0.2, -0.15) is 5.10 Å². The number of nitrogens with two attached hydrogens (primary N) is 1. The monoisotopic (exact) mass is 430 g/mol. The molecule has 2 aromatic carbocycles. The molecule has 3 heterocycles. The van der Waals surface area contributed by atoms with E-state index in [0.717, 1.165) is 37.3 Å². The number of fused-ring (bicyclic) bond motifs is 1. The number of anilines is 1. The van der Waals surface area contributed by atoms with Gasteiger partial charge < -0.3 is 15.5 Å². The number of H-pyrrole nitrogens is 1. The van der Waals surface area contributed by atoms with Gasteiger partial charge in [0.1, 0.15) is 17.0 Å². The number of nitrogens with one attached hydrogen (secondary N) is 1. The van der Waals surface area contributed by atoms with Crippen LogP contribution >= 0.6 is 0 Å². The second kappa shape index (κ2) is 8.05. The van der Waals surface area contributed by atoms with Crippen LogP contribution in [0.5, 0.6) is 0 Å². The van der Waals surface area contributed by atoms with E-state index in [1.54, 1.807) is 18.2 Å². The number of hydrogen-bond acceptors (Lipinski definition) is 5. The van der Waals surface area contributed by atoms with E-state index in [4.69, 9.17) is 5.73 Å². The summed E-state index contributed by atoms with van der Waals surface area (Å²) in [5.41, 5.74) is 9.95. The van der Waals surface area contributed by atoms with E-state index in [2.05, 4.69) is 44.2 Å². The maximum atomic E-state index is 14.8. The molecule has 1 aliphatic rings. The Morgan fingerprint density at radius 2 is 1.78 bits per heavy atom. The molecule has 162 valence electrons. The highest BCUT2D eigenvalue weighted by molar-refractivity contribution is 5.95. The summed E-state index contributed by atoms with van der Waals surface area (Å²) in [5.74, 6) is -1.48. The highest BCUT2D eigenvalue weighted by Gasteiger charge is 2.18. The molecule has 7 nitrogen and oxygen atoms in total. The highest BCUT2D eigenvalue weighted by atomic mass is 19.1. The lowest BCUT2D eigenvalue weighted by Gasteiger charge is -2.34. The first-order valence-electron chi connectivity index (χ1n) is 10.5. The third-order valence-electron chi connectivity index (χ3n) is 5.96. The molecule has 0 unspecified atom stereocenters. The number of halogens is 1. The minimum atomic E-state index is -0.810. The van der Waals surface area contributed by atoms with E-state index in [9.17, 15) is 9.18 Å². The normalized spacial score (nSPS) is 14.8. The van der Waals surface area contributed by atoms with Crippen LogP contribution in [0.15, 0.2) is 54.6 Å². The summed E-state index contributed by atoms with van der Waals surface area (Å²) >= 11 is 0. The average molecular weight is 430 g/mol. The van der Waals surface area contributed by atoms with Crippen LogP contribution in [0.3, 0.4) is 0 Å². The topological polar surface area (TPSA) is 91.1 Å². The van der Waals surface area contributed by atoms with E-state index >= 15 is 0 Å². The molecule has 0 aliphatic carbocycles. The lowest BCUT2D eigenvalue weighted by molar-refractivity contribution is 0.0996. The number of carbonyl (C=O) groups excluding carboxylic acids is 1. The van der Waals surface area contributed by atoms with Crippen molar-refractivity contribution in [3.63, 3.8) is 0 Å². The molecule has 1 amide bonds. The third-order valence-corrected chi connectivity index (χ3v) is 5.96. The zero-order valence-corrected chi connectivity index (χ0v) is 17.7. The van der Waals surface area contributed by atoms with E-state index in [1.807, 2.05) is 18.2 Å². The van der Waals surface area contributed by atoms with Crippen LogP contribution in [0.2, 0.25) is 0 Å². The fourth-order valence-corrected chi connectivity index (χ4v) is 4.07. The van der Waals surface area contributed by atoms with Crippen molar-refractivity contribution in [1.29, 1.82) is 0 Å². The van der Waals surface area contributed by atoms with Crippen molar-refractivity contribution in [3.05, 3.63) is 66.0 Å². The fraction of sp³-hybridized carbons (Fsp3) is 0.208. The predicted molar refractivity (Wildman–Crippen MR) is 123 cm³/mol. The Hall–Kier alpha value is -3.78. The van der Waals surface area contributed by atoms with E-state index < -0.39 is 11.7 Å². The molecule has 1 aliphatic heterocycles. The number of pyridine rings is 1. The Kier molecular flexibility index (Phi) is 5.07. The standard InChI is InChI=1S/C24H23FN6O/c1-30-11-13-31(14-12-30)16-7-5-15(6-8-16)22-23-20(28-29-22)10-9-19(27-23)17-3-2-4-18(21(17)25)24(26)32/h2-10H,11-14H2,1H3,(H2,26,32)(H,28,29). The Balaban J connectivity index is 1.50. The van der Waals surface area contributed by atoms with Crippen molar-refractivity contribution < 1.29 is 9.18 Å². The number of carbonyl (C=O) groups is 1.